The van der Waals surface area contributed by atoms with E-state index in [2.05, 4.69) is 67.0 Å². The Balaban J connectivity index is 1.80. The summed E-state index contributed by atoms with van der Waals surface area (Å²) in [5.74, 6) is 0.259. The van der Waals surface area contributed by atoms with E-state index in [0.29, 0.717) is 0 Å². The highest BCUT2D eigenvalue weighted by atomic mass is 32.1. The van der Waals surface area contributed by atoms with Gasteiger partial charge in [0.25, 0.3) is 0 Å². The van der Waals surface area contributed by atoms with Gasteiger partial charge in [-0.15, -0.1) is 11.3 Å². The summed E-state index contributed by atoms with van der Waals surface area (Å²) in [5.41, 5.74) is 1.72. The molecule has 0 fully saturated rings. The molecule has 2 nitrogen and oxygen atoms in total. The third-order valence-corrected chi connectivity index (χ3v) is 11.1. The highest BCUT2D eigenvalue weighted by Crippen LogP contribution is 2.34. The average molecular weight is 388 g/mol. The number of phenols is 1. The molecule has 1 aromatic heterocycles. The second kappa shape index (κ2) is 6.38. The van der Waals surface area contributed by atoms with E-state index in [9.17, 15) is 5.11 Å². The zero-order chi connectivity index (χ0) is 17.4. The van der Waals surface area contributed by atoms with E-state index in [1.54, 1.807) is 17.4 Å². The molecule has 6 radical (unpaired) electrons. The van der Waals surface area contributed by atoms with Crippen LogP contribution in [0.15, 0.2) is 72.8 Å². The van der Waals surface area contributed by atoms with Crippen molar-refractivity contribution in [2.24, 2.45) is 0 Å². The largest absolute Gasteiger partial charge is 0.507 e. The van der Waals surface area contributed by atoms with E-state index in [1.165, 1.54) is 10.4 Å². The van der Waals surface area contributed by atoms with E-state index < -0.39 is 7.11 Å². The molecule has 1 heterocycles. The van der Waals surface area contributed by atoms with Crippen molar-refractivity contribution in [2.45, 2.75) is 0 Å². The minimum absolute atomic E-state index is 0.259. The fraction of sp³-hybridized carbons (Fsp3) is 0. The van der Waals surface area contributed by atoms with Gasteiger partial charge in [0.15, 0.2) is 0 Å². The zero-order valence-electron chi connectivity index (χ0n) is 13.2. The summed E-state index contributed by atoms with van der Waals surface area (Å²) in [5, 5.41) is 13.4. The molecule has 6 heteroatoms. The van der Waals surface area contributed by atoms with Crippen LogP contribution in [0.25, 0.3) is 20.8 Å². The lowest BCUT2D eigenvalue weighted by Crippen LogP contribution is -2.60. The van der Waals surface area contributed by atoms with Gasteiger partial charge < -0.3 is 5.11 Å². The molecular weight excluding hydrogens is 375 g/mol. The summed E-state index contributed by atoms with van der Waals surface area (Å²) in [6, 6.07) is 24.1. The molecule has 118 valence electrons. The number of benzene rings is 3. The van der Waals surface area contributed by atoms with Crippen LogP contribution >= 0.6 is 11.3 Å². The summed E-state index contributed by atoms with van der Waals surface area (Å²) >= 11 is 1.60. The molecule has 0 atom stereocenters. The molecule has 0 aliphatic carbocycles. The maximum absolute atomic E-state index is 10.1. The number of rotatable bonds is 3. The second-order valence-corrected chi connectivity index (χ2v) is 15.5. The first-order valence-electron chi connectivity index (χ1n) is 7.81. The molecule has 4 aromatic rings. The van der Waals surface area contributed by atoms with Crippen molar-refractivity contribution in [1.29, 1.82) is 0 Å². The Morgan fingerprint density at radius 2 is 1.56 bits per heavy atom. The van der Waals surface area contributed by atoms with E-state index in [0.717, 1.165) is 20.8 Å². The third-order valence-electron chi connectivity index (χ3n) is 4.16. The van der Waals surface area contributed by atoms with Gasteiger partial charge in [0.05, 0.1) is 22.9 Å². The minimum Gasteiger partial charge on any atom is -0.507 e. The van der Waals surface area contributed by atoms with Crippen LogP contribution in [-0.2, 0) is 0 Å². The lowest BCUT2D eigenvalue weighted by molar-refractivity contribution is 0.477. The Kier molecular flexibility index (Phi) is 4.20. The van der Waals surface area contributed by atoms with Gasteiger partial charge in [-0.25, -0.2) is 4.98 Å². The smallest absolute Gasteiger partial charge is 0.128 e. The predicted octanol–water partition coefficient (Wildman–Crippen LogP) is 2.56. The van der Waals surface area contributed by atoms with E-state index in [1.807, 2.05) is 24.3 Å². The molecule has 0 amide bonds. The number of hydrogen-bond donors (Lipinski definition) is 1. The summed E-state index contributed by atoms with van der Waals surface area (Å²) < 4.78 is 1.11. The maximum atomic E-state index is 10.1. The number of phenolic OH excluding ortho intramolecular Hbond substituents is 1. The topological polar surface area (TPSA) is 33.1 Å². The van der Waals surface area contributed by atoms with Crippen molar-refractivity contribution in [2.75, 3.05) is 0 Å². The lowest BCUT2D eigenvalue weighted by atomic mass is 10.2. The van der Waals surface area contributed by atoms with Crippen LogP contribution in [-0.4, -0.2) is 36.7 Å². The van der Waals surface area contributed by atoms with Crippen LogP contribution in [0.2, 0.25) is 0 Å². The fourth-order valence-electron chi connectivity index (χ4n) is 2.78. The van der Waals surface area contributed by atoms with Gasteiger partial charge in [0, 0.05) is 19.5 Å². The van der Waals surface area contributed by atoms with Crippen LogP contribution in [0.4, 0.5) is 0 Å². The molecule has 0 spiro atoms. The number of fused-ring (bicyclic) bond motifs is 1. The SMILES string of the molecule is Oc1ccccc1-c1nc2ccc([Si]([Si])([Si])c3ccccc3)cc2s1. The van der Waals surface area contributed by atoms with Crippen molar-refractivity contribution < 1.29 is 5.11 Å². The van der Waals surface area contributed by atoms with Crippen LogP contribution in [0.1, 0.15) is 0 Å². The van der Waals surface area contributed by atoms with Crippen molar-refractivity contribution in [1.82, 2.24) is 4.98 Å². The van der Waals surface area contributed by atoms with Gasteiger partial charge in [-0.1, -0.05) is 58.9 Å². The van der Waals surface area contributed by atoms with Gasteiger partial charge in [-0.2, -0.15) is 0 Å². The van der Waals surface area contributed by atoms with Crippen LogP contribution in [0.3, 0.4) is 0 Å². The Morgan fingerprint density at radius 3 is 2.32 bits per heavy atom. The molecule has 3 aromatic carbocycles. The normalized spacial score (nSPS) is 11.8. The quantitative estimate of drug-likeness (QED) is 0.548. The molecule has 0 aliphatic heterocycles. The summed E-state index contributed by atoms with van der Waals surface area (Å²) in [4.78, 5) is 4.68. The lowest BCUT2D eigenvalue weighted by Gasteiger charge is -2.23. The van der Waals surface area contributed by atoms with Crippen molar-refractivity contribution in [3.63, 3.8) is 0 Å². The van der Waals surface area contributed by atoms with Crippen molar-refractivity contribution in [3.8, 4) is 16.3 Å². The first-order chi connectivity index (χ1) is 12.1. The number of aromatic hydroxyl groups is 1. The van der Waals surface area contributed by atoms with E-state index in [-0.39, 0.29) is 5.75 Å². The molecule has 25 heavy (non-hydrogen) atoms. The number of para-hydroxylation sites is 1. The summed E-state index contributed by atoms with van der Waals surface area (Å²) in [7, 11) is 5.90. The monoisotopic (exact) mass is 387 g/mol. The van der Waals surface area contributed by atoms with Gasteiger partial charge in [0.2, 0.25) is 0 Å². The Bertz CT molecular complexity index is 1050. The molecule has 0 unspecified atom stereocenters. The van der Waals surface area contributed by atoms with E-state index in [4.69, 9.17) is 0 Å². The molecule has 1 N–H and O–H groups in total. The first kappa shape index (κ1) is 16.5. The summed E-state index contributed by atoms with van der Waals surface area (Å²) in [6.45, 7) is 0. The van der Waals surface area contributed by atoms with Gasteiger partial charge in [0.1, 0.15) is 10.8 Å². The highest BCUT2D eigenvalue weighted by molar-refractivity contribution is 7.52. The zero-order valence-corrected chi connectivity index (χ0v) is 17.0. The van der Waals surface area contributed by atoms with Crippen LogP contribution < -0.4 is 10.4 Å². The number of aromatic nitrogens is 1. The molecule has 0 saturated heterocycles. The Hall–Kier alpha value is -2.00. The highest BCUT2D eigenvalue weighted by Gasteiger charge is 2.26. The fourth-order valence-corrected chi connectivity index (χ4v) is 7.58. The molecule has 0 bridgehead atoms. The van der Waals surface area contributed by atoms with Gasteiger partial charge in [-0.3, -0.25) is 0 Å². The van der Waals surface area contributed by atoms with Crippen molar-refractivity contribution in [3.05, 3.63) is 72.8 Å². The first-order valence-corrected chi connectivity index (χ1v) is 13.6. The third kappa shape index (κ3) is 3.02. The van der Waals surface area contributed by atoms with Crippen LogP contribution in [0.5, 0.6) is 5.75 Å². The van der Waals surface area contributed by atoms with Crippen LogP contribution in [0, 0.1) is 0 Å². The second-order valence-electron chi connectivity index (χ2n) is 5.83. The number of thiazole rings is 1. The standard InChI is InChI=1S/C19H13NOSSi3/c21-17-9-5-4-8-15(17)19-20-16-11-10-14(12-18(16)22-19)25(23,24)13-6-2-1-3-7-13/h1-12,21H. The molecular formula is C19H13NOSSi3. The summed E-state index contributed by atoms with van der Waals surface area (Å²) in [6.07, 6.45) is 0. The van der Waals surface area contributed by atoms with Gasteiger partial charge >= 0.3 is 0 Å². The maximum Gasteiger partial charge on any atom is 0.128 e. The van der Waals surface area contributed by atoms with Crippen molar-refractivity contribution >= 4 is 58.6 Å². The average Bonchev–Trinajstić information content (AvgIpc) is 3.06. The number of nitrogens with zero attached hydrogens (tertiary/aromatic N) is 1. The molecule has 0 saturated carbocycles. The number of hydrogen-bond acceptors (Lipinski definition) is 3. The van der Waals surface area contributed by atoms with E-state index >= 15 is 0 Å². The molecule has 0 aliphatic rings. The molecule has 4 rings (SSSR count). The predicted molar refractivity (Wildman–Crippen MR) is 110 cm³/mol. The Labute approximate surface area is 157 Å². The van der Waals surface area contributed by atoms with Gasteiger partial charge in [-0.05, 0) is 24.3 Å². The minimum atomic E-state index is -2.11. The Morgan fingerprint density at radius 1 is 0.840 bits per heavy atom.